The van der Waals surface area contributed by atoms with Crippen molar-refractivity contribution in [1.82, 2.24) is 21.3 Å². The predicted octanol–water partition coefficient (Wildman–Crippen LogP) is 1.95. The number of aliphatic carboxylic acids is 2. The normalized spacial score (nSPS) is 15.1. The van der Waals surface area contributed by atoms with Gasteiger partial charge >= 0.3 is 18.0 Å². The first-order chi connectivity index (χ1) is 17.7. The number of carboxylic acids is 2. The first-order valence-electron chi connectivity index (χ1n) is 12.9. The Morgan fingerprint density at radius 3 is 2.22 bits per heavy atom. The van der Waals surface area contributed by atoms with Crippen LogP contribution < -0.4 is 21.3 Å². The second kappa shape index (κ2) is 16.2. The summed E-state index contributed by atoms with van der Waals surface area (Å²) in [6.07, 6.45) is 6.99. The minimum Gasteiger partial charge on any atom is -0.481 e. The molecule has 37 heavy (non-hydrogen) atoms. The Bertz CT molecular complexity index is 903. The van der Waals surface area contributed by atoms with Gasteiger partial charge in [0, 0.05) is 25.4 Å². The SMILES string of the molecule is O=C(O)C[C@H](NC(=O)[C@H](Cc1ccccc1)NC(=O)CCCCCNC(=O)NC1CCCCC1)C(=O)O. The molecule has 11 heteroatoms. The molecule has 0 spiro atoms. The van der Waals surface area contributed by atoms with E-state index in [2.05, 4.69) is 21.3 Å². The number of carbonyl (C=O) groups is 5. The molecule has 1 aromatic carbocycles. The van der Waals surface area contributed by atoms with Crippen molar-refractivity contribution in [3.05, 3.63) is 35.9 Å². The van der Waals surface area contributed by atoms with Gasteiger partial charge < -0.3 is 31.5 Å². The Labute approximate surface area is 216 Å². The van der Waals surface area contributed by atoms with Gasteiger partial charge in [-0.25, -0.2) is 9.59 Å². The van der Waals surface area contributed by atoms with Crippen molar-refractivity contribution >= 4 is 29.8 Å². The third kappa shape index (κ3) is 12.2. The number of amides is 4. The standard InChI is InChI=1S/C26H38N4O7/c31-22(14-8-3-9-15-27-26(37)28-19-12-6-2-7-13-19)29-20(16-18-10-4-1-5-11-18)24(34)30-21(25(35)36)17-23(32)33/h1,4-5,10-11,19-21H,2-3,6-9,12-17H2,(H,29,31)(H,30,34)(H,32,33)(H,35,36)(H2,27,28,37)/t20-,21-/m0/s1. The molecule has 0 saturated heterocycles. The first kappa shape index (κ1) is 29.6. The minimum atomic E-state index is -1.61. The fourth-order valence-corrected chi connectivity index (χ4v) is 4.25. The molecule has 1 aromatic rings. The first-order valence-corrected chi connectivity index (χ1v) is 12.9. The number of unbranched alkanes of at least 4 members (excludes halogenated alkanes) is 2. The largest absolute Gasteiger partial charge is 0.481 e. The molecular weight excluding hydrogens is 480 g/mol. The molecule has 1 fully saturated rings. The molecule has 0 aromatic heterocycles. The van der Waals surface area contributed by atoms with E-state index in [-0.39, 0.29) is 30.8 Å². The number of carbonyl (C=O) groups excluding carboxylic acids is 3. The third-order valence-electron chi connectivity index (χ3n) is 6.23. The summed E-state index contributed by atoms with van der Waals surface area (Å²) < 4.78 is 0. The van der Waals surface area contributed by atoms with Gasteiger partial charge in [0.2, 0.25) is 11.8 Å². The van der Waals surface area contributed by atoms with Crippen molar-refractivity contribution < 1.29 is 34.2 Å². The van der Waals surface area contributed by atoms with Crippen molar-refractivity contribution in [1.29, 1.82) is 0 Å². The van der Waals surface area contributed by atoms with Crippen molar-refractivity contribution in [3.63, 3.8) is 0 Å². The molecule has 1 saturated carbocycles. The second-order valence-corrected chi connectivity index (χ2v) is 9.35. The lowest BCUT2D eigenvalue weighted by Gasteiger charge is -2.22. The van der Waals surface area contributed by atoms with E-state index in [1.807, 2.05) is 0 Å². The third-order valence-corrected chi connectivity index (χ3v) is 6.23. The molecule has 1 aliphatic rings. The van der Waals surface area contributed by atoms with Crippen LogP contribution in [0.4, 0.5) is 4.79 Å². The second-order valence-electron chi connectivity index (χ2n) is 9.35. The fourth-order valence-electron chi connectivity index (χ4n) is 4.25. The van der Waals surface area contributed by atoms with Crippen LogP contribution >= 0.6 is 0 Å². The summed E-state index contributed by atoms with van der Waals surface area (Å²) in [5.41, 5.74) is 0.755. The van der Waals surface area contributed by atoms with Crippen LogP contribution in [-0.2, 0) is 25.6 Å². The maximum atomic E-state index is 12.8. The minimum absolute atomic E-state index is 0.123. The van der Waals surface area contributed by atoms with E-state index in [4.69, 9.17) is 5.11 Å². The summed E-state index contributed by atoms with van der Waals surface area (Å²) in [5.74, 6) is -3.97. The summed E-state index contributed by atoms with van der Waals surface area (Å²) in [6, 6.07) is 6.32. The molecule has 0 radical (unpaired) electrons. The molecule has 2 rings (SSSR count). The number of nitrogens with one attached hydrogen (secondary N) is 4. The summed E-state index contributed by atoms with van der Waals surface area (Å²) in [5, 5.41) is 28.8. The van der Waals surface area contributed by atoms with Gasteiger partial charge in [0.1, 0.15) is 12.1 Å². The Kier molecular flexibility index (Phi) is 12.9. The molecule has 0 heterocycles. The average Bonchev–Trinajstić information content (AvgIpc) is 2.86. The van der Waals surface area contributed by atoms with Crippen LogP contribution in [0.3, 0.4) is 0 Å². The van der Waals surface area contributed by atoms with Gasteiger partial charge in [-0.05, 0) is 31.2 Å². The maximum Gasteiger partial charge on any atom is 0.326 e. The molecule has 0 aliphatic heterocycles. The molecule has 11 nitrogen and oxygen atoms in total. The molecule has 0 unspecified atom stereocenters. The van der Waals surface area contributed by atoms with Gasteiger partial charge in [0.25, 0.3) is 0 Å². The molecular formula is C26H38N4O7. The topological polar surface area (TPSA) is 174 Å². The van der Waals surface area contributed by atoms with Crippen molar-refractivity contribution in [2.24, 2.45) is 0 Å². The zero-order valence-electron chi connectivity index (χ0n) is 21.0. The number of rotatable bonds is 15. The summed E-state index contributed by atoms with van der Waals surface area (Å²) >= 11 is 0. The van der Waals surface area contributed by atoms with Crippen LogP contribution in [0.1, 0.15) is 69.8 Å². The number of urea groups is 1. The van der Waals surface area contributed by atoms with Crippen molar-refractivity contribution in [3.8, 4) is 0 Å². The van der Waals surface area contributed by atoms with Gasteiger partial charge in [-0.1, -0.05) is 56.0 Å². The molecule has 204 valence electrons. The molecule has 2 atom stereocenters. The van der Waals surface area contributed by atoms with Gasteiger partial charge in [-0.2, -0.15) is 0 Å². The van der Waals surface area contributed by atoms with Gasteiger partial charge in [0.15, 0.2) is 0 Å². The predicted molar refractivity (Wildman–Crippen MR) is 136 cm³/mol. The number of hydrogen-bond donors (Lipinski definition) is 6. The smallest absolute Gasteiger partial charge is 0.326 e. The van der Waals surface area contributed by atoms with Gasteiger partial charge in [-0.15, -0.1) is 0 Å². The van der Waals surface area contributed by atoms with E-state index in [1.54, 1.807) is 30.3 Å². The highest BCUT2D eigenvalue weighted by molar-refractivity contribution is 5.91. The van der Waals surface area contributed by atoms with E-state index in [0.717, 1.165) is 31.2 Å². The van der Waals surface area contributed by atoms with Crippen LogP contribution in [0.15, 0.2) is 30.3 Å². The monoisotopic (exact) mass is 518 g/mol. The quantitative estimate of drug-likeness (QED) is 0.192. The van der Waals surface area contributed by atoms with Crippen LogP contribution in [-0.4, -0.2) is 64.7 Å². The fraction of sp³-hybridized carbons (Fsp3) is 0.577. The van der Waals surface area contributed by atoms with Crippen LogP contribution in [0.5, 0.6) is 0 Å². The van der Waals surface area contributed by atoms with E-state index in [9.17, 15) is 29.1 Å². The van der Waals surface area contributed by atoms with Crippen molar-refractivity contribution in [2.45, 2.75) is 88.8 Å². The van der Waals surface area contributed by atoms with E-state index in [1.165, 1.54) is 6.42 Å². The van der Waals surface area contributed by atoms with Crippen LogP contribution in [0.25, 0.3) is 0 Å². The number of carboxylic acid groups (broad SMARTS) is 2. The Morgan fingerprint density at radius 2 is 1.57 bits per heavy atom. The lowest BCUT2D eigenvalue weighted by atomic mass is 9.96. The van der Waals surface area contributed by atoms with Crippen LogP contribution in [0.2, 0.25) is 0 Å². The maximum absolute atomic E-state index is 12.8. The van der Waals surface area contributed by atoms with Gasteiger partial charge in [-0.3, -0.25) is 14.4 Å². The lowest BCUT2D eigenvalue weighted by Crippen LogP contribution is -2.53. The summed E-state index contributed by atoms with van der Waals surface area (Å²) in [4.78, 5) is 59.6. The number of hydrogen-bond acceptors (Lipinski definition) is 5. The highest BCUT2D eigenvalue weighted by Crippen LogP contribution is 2.17. The summed E-state index contributed by atoms with van der Waals surface area (Å²) in [6.45, 7) is 0.499. The van der Waals surface area contributed by atoms with Crippen molar-refractivity contribution in [2.75, 3.05) is 6.54 Å². The molecule has 6 N–H and O–H groups in total. The zero-order chi connectivity index (χ0) is 27.0. The van der Waals surface area contributed by atoms with Crippen LogP contribution in [0, 0.1) is 0 Å². The zero-order valence-corrected chi connectivity index (χ0v) is 21.0. The van der Waals surface area contributed by atoms with E-state index < -0.39 is 36.4 Å². The Hall–Kier alpha value is -3.63. The number of benzene rings is 1. The van der Waals surface area contributed by atoms with Gasteiger partial charge in [0.05, 0.1) is 6.42 Å². The lowest BCUT2D eigenvalue weighted by molar-refractivity contribution is -0.147. The average molecular weight is 519 g/mol. The highest BCUT2D eigenvalue weighted by Gasteiger charge is 2.28. The Balaban J connectivity index is 1.77. The molecule has 4 amide bonds. The summed E-state index contributed by atoms with van der Waals surface area (Å²) in [7, 11) is 0. The van der Waals surface area contributed by atoms with E-state index >= 15 is 0 Å². The van der Waals surface area contributed by atoms with E-state index in [0.29, 0.717) is 25.8 Å². The molecule has 0 bridgehead atoms. The molecule has 1 aliphatic carbocycles. The Morgan fingerprint density at radius 1 is 0.865 bits per heavy atom. The highest BCUT2D eigenvalue weighted by atomic mass is 16.4.